The van der Waals surface area contributed by atoms with Gasteiger partial charge in [-0.3, -0.25) is 14.9 Å². The number of nitro benzene ring substituents is 1. The van der Waals surface area contributed by atoms with E-state index in [9.17, 15) is 14.9 Å². The molecule has 0 saturated carbocycles. The first kappa shape index (κ1) is 22.5. The number of ether oxygens (including phenoxy) is 2. The number of allylic oxidation sites excluding steroid dienone is 2. The molecule has 0 spiro atoms. The van der Waals surface area contributed by atoms with Crippen LogP contribution in [0.5, 0.6) is 11.5 Å². The molecule has 0 unspecified atom stereocenters. The number of pyridine rings is 1. The molecule has 0 atom stereocenters. The zero-order chi connectivity index (χ0) is 21.4. The van der Waals surface area contributed by atoms with E-state index in [1.807, 2.05) is 26.8 Å². The number of hydrogen-bond acceptors (Lipinski definition) is 5. The molecule has 1 aromatic heterocycles. The predicted molar refractivity (Wildman–Crippen MR) is 115 cm³/mol. The molecule has 29 heavy (non-hydrogen) atoms. The van der Waals surface area contributed by atoms with E-state index in [-0.39, 0.29) is 17.0 Å². The van der Waals surface area contributed by atoms with Crippen molar-refractivity contribution in [1.29, 1.82) is 0 Å². The highest BCUT2D eigenvalue weighted by Gasteiger charge is 2.22. The van der Waals surface area contributed by atoms with Crippen LogP contribution in [0, 0.1) is 10.1 Å². The lowest BCUT2D eigenvalue weighted by molar-refractivity contribution is -0.384. The van der Waals surface area contributed by atoms with Crippen molar-refractivity contribution in [2.45, 2.75) is 66.3 Å². The van der Waals surface area contributed by atoms with Gasteiger partial charge in [0.1, 0.15) is 0 Å². The lowest BCUT2D eigenvalue weighted by Crippen LogP contribution is -2.24. The molecule has 2 aromatic rings. The third-order valence-corrected chi connectivity index (χ3v) is 4.76. The molecular weight excluding hydrogens is 372 g/mol. The Morgan fingerprint density at radius 1 is 1.17 bits per heavy atom. The van der Waals surface area contributed by atoms with Crippen LogP contribution in [-0.2, 0) is 6.54 Å². The zero-order valence-electron chi connectivity index (χ0n) is 17.7. The lowest BCUT2D eigenvalue weighted by atomic mass is 10.1. The van der Waals surface area contributed by atoms with Crippen LogP contribution in [0.2, 0.25) is 0 Å². The highest BCUT2D eigenvalue weighted by molar-refractivity contribution is 5.89. The van der Waals surface area contributed by atoms with Crippen LogP contribution in [0.15, 0.2) is 34.8 Å². The molecule has 0 bridgehead atoms. The van der Waals surface area contributed by atoms with Crippen molar-refractivity contribution in [2.24, 2.45) is 0 Å². The summed E-state index contributed by atoms with van der Waals surface area (Å²) in [6.45, 7) is 8.78. The summed E-state index contributed by atoms with van der Waals surface area (Å²) in [5, 5.41) is 11.9. The smallest absolute Gasteiger partial charge is 0.297 e. The van der Waals surface area contributed by atoms with Crippen LogP contribution in [0.1, 0.15) is 59.8 Å². The Kier molecular flexibility index (Phi) is 8.24. The number of benzene rings is 1. The van der Waals surface area contributed by atoms with Crippen molar-refractivity contribution in [1.82, 2.24) is 4.57 Å². The largest absolute Gasteiger partial charge is 0.485 e. The minimum Gasteiger partial charge on any atom is -0.485 e. The maximum Gasteiger partial charge on any atom is 0.297 e. The van der Waals surface area contributed by atoms with Crippen molar-refractivity contribution in [3.63, 3.8) is 0 Å². The van der Waals surface area contributed by atoms with Crippen LogP contribution in [0.25, 0.3) is 10.9 Å². The van der Waals surface area contributed by atoms with Crippen molar-refractivity contribution in [3.8, 4) is 11.5 Å². The maximum absolute atomic E-state index is 13.3. The molecule has 0 aliphatic rings. The highest BCUT2D eigenvalue weighted by atomic mass is 16.6. The molecule has 0 amide bonds. The van der Waals surface area contributed by atoms with E-state index < -0.39 is 4.92 Å². The Morgan fingerprint density at radius 3 is 2.48 bits per heavy atom. The van der Waals surface area contributed by atoms with Gasteiger partial charge in [-0.2, -0.15) is 0 Å². The van der Waals surface area contributed by atoms with Gasteiger partial charge in [-0.1, -0.05) is 33.6 Å². The molecule has 2 rings (SSSR count). The van der Waals surface area contributed by atoms with Crippen LogP contribution in [0.4, 0.5) is 5.69 Å². The van der Waals surface area contributed by atoms with Gasteiger partial charge in [0, 0.05) is 30.5 Å². The number of fused-ring (bicyclic) bond motifs is 1. The molecule has 0 N–H and O–H groups in total. The number of aromatic nitrogens is 1. The molecule has 0 fully saturated rings. The summed E-state index contributed by atoms with van der Waals surface area (Å²) < 4.78 is 13.5. The van der Waals surface area contributed by atoms with E-state index in [1.54, 1.807) is 10.6 Å². The Balaban J connectivity index is 2.80. The van der Waals surface area contributed by atoms with Gasteiger partial charge in [0.25, 0.3) is 11.2 Å². The molecule has 158 valence electrons. The summed E-state index contributed by atoms with van der Waals surface area (Å²) in [5.41, 5.74) is 0.112. The Morgan fingerprint density at radius 2 is 1.90 bits per heavy atom. The molecule has 1 heterocycles. The first-order valence-corrected chi connectivity index (χ1v) is 10.3. The maximum atomic E-state index is 13.3. The van der Waals surface area contributed by atoms with Crippen LogP contribution >= 0.6 is 0 Å². The molecule has 7 heteroatoms. The number of rotatable bonds is 11. The number of nitro groups is 1. The standard InChI is InChI=1S/C22H30N2O5/c1-5-9-13-23-19-15-16(24(26)27)11-12-18(19)20(29-17(7-3)8-4)21(22(23)25)28-14-10-6-2/h7,11-12,15H,5-6,8-10,13-14H2,1-4H3. The Labute approximate surface area is 171 Å². The third kappa shape index (κ3) is 5.16. The van der Waals surface area contributed by atoms with E-state index in [4.69, 9.17) is 9.47 Å². The predicted octanol–water partition coefficient (Wildman–Crippen LogP) is 5.58. The second-order valence-corrected chi connectivity index (χ2v) is 6.84. The number of aryl methyl sites for hydroxylation is 1. The van der Waals surface area contributed by atoms with Crippen LogP contribution < -0.4 is 15.0 Å². The van der Waals surface area contributed by atoms with Crippen LogP contribution in [0.3, 0.4) is 0 Å². The molecule has 0 aliphatic heterocycles. The summed E-state index contributed by atoms with van der Waals surface area (Å²) in [7, 11) is 0. The van der Waals surface area contributed by atoms with E-state index in [1.165, 1.54) is 12.1 Å². The minimum atomic E-state index is -0.455. The zero-order valence-corrected chi connectivity index (χ0v) is 17.7. The lowest BCUT2D eigenvalue weighted by Gasteiger charge is -2.19. The molecule has 0 aliphatic carbocycles. The van der Waals surface area contributed by atoms with Gasteiger partial charge in [0.15, 0.2) is 5.75 Å². The molecule has 0 saturated heterocycles. The molecule has 7 nitrogen and oxygen atoms in total. The quantitative estimate of drug-likeness (QED) is 0.212. The van der Waals surface area contributed by atoms with Gasteiger partial charge in [-0.05, 0) is 31.9 Å². The molecule has 1 aromatic carbocycles. The van der Waals surface area contributed by atoms with Crippen molar-refractivity contribution >= 4 is 16.6 Å². The SMILES string of the molecule is CC=C(CC)Oc1c(OCCCC)c(=O)n(CCCC)c2cc([N+](=O)[O-])ccc12. The first-order chi connectivity index (χ1) is 14.0. The third-order valence-electron chi connectivity index (χ3n) is 4.76. The summed E-state index contributed by atoms with van der Waals surface area (Å²) in [5.74, 6) is 1.21. The van der Waals surface area contributed by atoms with Gasteiger partial charge >= 0.3 is 0 Å². The van der Waals surface area contributed by atoms with Gasteiger partial charge in [-0.15, -0.1) is 0 Å². The summed E-state index contributed by atoms with van der Waals surface area (Å²) in [6.07, 6.45) is 5.92. The normalized spacial score (nSPS) is 11.7. The van der Waals surface area contributed by atoms with Gasteiger partial charge < -0.3 is 14.0 Å². The van der Waals surface area contributed by atoms with E-state index in [2.05, 4.69) is 6.92 Å². The fourth-order valence-corrected chi connectivity index (χ4v) is 3.05. The minimum absolute atomic E-state index is 0.0606. The second-order valence-electron chi connectivity index (χ2n) is 6.84. The number of unbranched alkanes of at least 4 members (excludes halogenated alkanes) is 2. The van der Waals surface area contributed by atoms with Gasteiger partial charge in [0.05, 0.1) is 22.8 Å². The van der Waals surface area contributed by atoms with E-state index in [0.29, 0.717) is 42.0 Å². The molecular formula is C22H30N2O5. The Bertz CT molecular complexity index is 946. The van der Waals surface area contributed by atoms with Gasteiger partial charge in [-0.25, -0.2) is 0 Å². The molecule has 0 radical (unpaired) electrons. The number of non-ortho nitro benzene ring substituents is 1. The number of hydrogen-bond donors (Lipinski definition) is 0. The fourth-order valence-electron chi connectivity index (χ4n) is 3.05. The fraction of sp³-hybridized carbons (Fsp3) is 0.500. The monoisotopic (exact) mass is 402 g/mol. The Hall–Kier alpha value is -2.83. The van der Waals surface area contributed by atoms with Crippen molar-refractivity contribution in [3.05, 3.63) is 50.5 Å². The van der Waals surface area contributed by atoms with Crippen molar-refractivity contribution < 1.29 is 14.4 Å². The highest BCUT2D eigenvalue weighted by Crippen LogP contribution is 2.36. The number of nitrogens with zero attached hydrogens (tertiary/aromatic N) is 2. The van der Waals surface area contributed by atoms with Gasteiger partial charge in [0.2, 0.25) is 5.75 Å². The van der Waals surface area contributed by atoms with Crippen LogP contribution in [-0.4, -0.2) is 16.1 Å². The topological polar surface area (TPSA) is 83.6 Å². The van der Waals surface area contributed by atoms with Crippen molar-refractivity contribution in [2.75, 3.05) is 6.61 Å². The summed E-state index contributed by atoms with van der Waals surface area (Å²) in [4.78, 5) is 24.2. The van der Waals surface area contributed by atoms with E-state index in [0.717, 1.165) is 25.7 Å². The average molecular weight is 402 g/mol. The van der Waals surface area contributed by atoms with E-state index >= 15 is 0 Å². The summed E-state index contributed by atoms with van der Waals surface area (Å²) >= 11 is 0. The second kappa shape index (κ2) is 10.6. The first-order valence-electron chi connectivity index (χ1n) is 10.3. The summed E-state index contributed by atoms with van der Waals surface area (Å²) in [6, 6.07) is 4.51. The average Bonchev–Trinajstić information content (AvgIpc) is 2.72.